The van der Waals surface area contributed by atoms with Crippen LogP contribution in [-0.4, -0.2) is 51.9 Å². The highest BCUT2D eigenvalue weighted by Gasteiger charge is 2.32. The molecule has 2 aromatic rings. The van der Waals surface area contributed by atoms with Crippen LogP contribution in [0.2, 0.25) is 10.0 Å². The van der Waals surface area contributed by atoms with Crippen molar-refractivity contribution in [2.45, 2.75) is 19.3 Å². The van der Waals surface area contributed by atoms with E-state index in [-0.39, 0.29) is 29.8 Å². The predicted octanol–water partition coefficient (Wildman–Crippen LogP) is 2.92. The second-order valence-corrected chi connectivity index (χ2v) is 6.48. The van der Waals surface area contributed by atoms with E-state index in [0.29, 0.717) is 23.1 Å². The third-order valence-corrected chi connectivity index (χ3v) is 4.86. The van der Waals surface area contributed by atoms with Crippen LogP contribution in [0.25, 0.3) is 0 Å². The van der Waals surface area contributed by atoms with Crippen molar-refractivity contribution in [3.05, 3.63) is 45.2 Å². The van der Waals surface area contributed by atoms with Gasteiger partial charge in [0.25, 0.3) is 5.91 Å². The Morgan fingerprint density at radius 2 is 2.16 bits per heavy atom. The summed E-state index contributed by atoms with van der Waals surface area (Å²) in [5.74, 6) is -0.841. The van der Waals surface area contributed by atoms with Gasteiger partial charge in [-0.3, -0.25) is 9.89 Å². The van der Waals surface area contributed by atoms with Gasteiger partial charge in [0.05, 0.1) is 16.7 Å². The molecule has 1 N–H and O–H groups in total. The molecular weight excluding hydrogens is 367 g/mol. The number of aromatic nitrogens is 3. The maximum Gasteiger partial charge on any atom is 0.358 e. The molecule has 0 aliphatic carbocycles. The molecule has 7 nitrogen and oxygen atoms in total. The first kappa shape index (κ1) is 17.7. The van der Waals surface area contributed by atoms with E-state index in [0.717, 1.165) is 12.0 Å². The summed E-state index contributed by atoms with van der Waals surface area (Å²) in [5.41, 5.74) is 0.980. The number of hydrogen-bond acceptors (Lipinski definition) is 5. The van der Waals surface area contributed by atoms with Crippen LogP contribution in [0.15, 0.2) is 18.2 Å². The summed E-state index contributed by atoms with van der Waals surface area (Å²) in [7, 11) is 0. The van der Waals surface area contributed by atoms with Crippen LogP contribution in [0.5, 0.6) is 0 Å². The molecule has 1 aliphatic heterocycles. The lowest BCUT2D eigenvalue weighted by Crippen LogP contribution is -2.30. The summed E-state index contributed by atoms with van der Waals surface area (Å²) >= 11 is 12.0. The SMILES string of the molecule is CCOC(=O)c1[nH]nnc1C(=O)N1CCC(c2ccc(Cl)c(Cl)c2)C1. The zero-order valence-corrected chi connectivity index (χ0v) is 15.0. The Labute approximate surface area is 154 Å². The third-order valence-electron chi connectivity index (χ3n) is 4.12. The average Bonchev–Trinajstić information content (AvgIpc) is 3.26. The Balaban J connectivity index is 1.74. The normalized spacial score (nSPS) is 16.9. The van der Waals surface area contributed by atoms with Gasteiger partial charge in [0, 0.05) is 19.0 Å². The molecule has 132 valence electrons. The number of hydrogen-bond donors (Lipinski definition) is 1. The lowest BCUT2D eigenvalue weighted by molar-refractivity contribution is 0.0512. The van der Waals surface area contributed by atoms with Crippen LogP contribution in [0.4, 0.5) is 0 Å². The van der Waals surface area contributed by atoms with Crippen LogP contribution >= 0.6 is 23.2 Å². The molecule has 3 rings (SSSR count). The molecule has 1 aromatic heterocycles. The lowest BCUT2D eigenvalue weighted by Gasteiger charge is -2.16. The number of nitrogens with one attached hydrogen (secondary N) is 1. The largest absolute Gasteiger partial charge is 0.461 e. The van der Waals surface area contributed by atoms with E-state index in [2.05, 4.69) is 15.4 Å². The number of likely N-dealkylation sites (tertiary alicyclic amines) is 1. The molecule has 2 heterocycles. The number of rotatable bonds is 4. The fourth-order valence-electron chi connectivity index (χ4n) is 2.86. The van der Waals surface area contributed by atoms with Gasteiger partial charge in [-0.2, -0.15) is 0 Å². The molecule has 1 amide bonds. The first-order valence-electron chi connectivity index (χ1n) is 7.83. The van der Waals surface area contributed by atoms with E-state index in [1.807, 2.05) is 12.1 Å². The van der Waals surface area contributed by atoms with Gasteiger partial charge in [-0.1, -0.05) is 34.5 Å². The van der Waals surface area contributed by atoms with Crippen molar-refractivity contribution >= 4 is 35.1 Å². The molecule has 0 radical (unpaired) electrons. The Bertz CT molecular complexity index is 808. The highest BCUT2D eigenvalue weighted by molar-refractivity contribution is 6.42. The number of amides is 1. The van der Waals surface area contributed by atoms with E-state index in [1.165, 1.54) is 0 Å². The Kier molecular flexibility index (Phi) is 5.24. The number of aromatic amines is 1. The van der Waals surface area contributed by atoms with Crippen LogP contribution < -0.4 is 0 Å². The van der Waals surface area contributed by atoms with Crippen LogP contribution in [0, 0.1) is 0 Å². The quantitative estimate of drug-likeness (QED) is 0.821. The summed E-state index contributed by atoms with van der Waals surface area (Å²) in [5, 5.41) is 10.7. The monoisotopic (exact) mass is 382 g/mol. The number of ether oxygens (including phenoxy) is 1. The van der Waals surface area contributed by atoms with Crippen LogP contribution in [0.1, 0.15) is 45.8 Å². The molecule has 1 saturated heterocycles. The number of carbonyl (C=O) groups is 2. The number of carbonyl (C=O) groups excluding carboxylic acids is 2. The minimum atomic E-state index is -0.643. The zero-order valence-electron chi connectivity index (χ0n) is 13.5. The maximum absolute atomic E-state index is 12.7. The summed E-state index contributed by atoms with van der Waals surface area (Å²) in [6.45, 7) is 2.95. The van der Waals surface area contributed by atoms with Crippen molar-refractivity contribution in [3.8, 4) is 0 Å². The van der Waals surface area contributed by atoms with E-state index >= 15 is 0 Å². The minimum Gasteiger partial charge on any atom is -0.461 e. The number of halogens is 2. The molecule has 1 aliphatic rings. The van der Waals surface area contributed by atoms with Crippen molar-refractivity contribution < 1.29 is 14.3 Å². The Morgan fingerprint density at radius 3 is 2.88 bits per heavy atom. The summed E-state index contributed by atoms with van der Waals surface area (Å²) < 4.78 is 4.91. The van der Waals surface area contributed by atoms with Gasteiger partial charge in [-0.25, -0.2) is 4.79 Å². The van der Waals surface area contributed by atoms with Gasteiger partial charge in [-0.05, 0) is 31.0 Å². The second-order valence-electron chi connectivity index (χ2n) is 5.67. The van der Waals surface area contributed by atoms with Crippen LogP contribution in [-0.2, 0) is 4.74 Å². The van der Waals surface area contributed by atoms with E-state index in [9.17, 15) is 9.59 Å². The van der Waals surface area contributed by atoms with Crippen molar-refractivity contribution in [2.75, 3.05) is 19.7 Å². The van der Waals surface area contributed by atoms with Gasteiger partial charge < -0.3 is 9.64 Å². The van der Waals surface area contributed by atoms with Crippen LogP contribution in [0.3, 0.4) is 0 Å². The topological polar surface area (TPSA) is 88.2 Å². The van der Waals surface area contributed by atoms with Crippen molar-refractivity contribution in [3.63, 3.8) is 0 Å². The van der Waals surface area contributed by atoms with Gasteiger partial charge in [0.15, 0.2) is 11.4 Å². The zero-order chi connectivity index (χ0) is 18.0. The Hall–Kier alpha value is -2.12. The molecule has 1 aromatic carbocycles. The fraction of sp³-hybridized carbons (Fsp3) is 0.375. The van der Waals surface area contributed by atoms with E-state index in [4.69, 9.17) is 27.9 Å². The molecule has 0 spiro atoms. The average molecular weight is 383 g/mol. The summed E-state index contributed by atoms with van der Waals surface area (Å²) in [6, 6.07) is 5.48. The molecule has 1 unspecified atom stereocenters. The number of H-pyrrole nitrogens is 1. The lowest BCUT2D eigenvalue weighted by atomic mass is 9.99. The van der Waals surface area contributed by atoms with Crippen molar-refractivity contribution in [1.82, 2.24) is 20.3 Å². The Morgan fingerprint density at radius 1 is 1.36 bits per heavy atom. The molecule has 1 atom stereocenters. The standard InChI is InChI=1S/C16H16Cl2N4O3/c1-2-25-16(24)14-13(19-21-20-14)15(23)22-6-5-10(8-22)9-3-4-11(17)12(18)7-9/h3-4,7,10H,2,5-6,8H2,1H3,(H,19,20,21). The highest BCUT2D eigenvalue weighted by atomic mass is 35.5. The highest BCUT2D eigenvalue weighted by Crippen LogP contribution is 2.32. The summed E-state index contributed by atoms with van der Waals surface area (Å²) in [6.07, 6.45) is 0.788. The maximum atomic E-state index is 12.7. The second kappa shape index (κ2) is 7.41. The van der Waals surface area contributed by atoms with Gasteiger partial charge in [-0.15, -0.1) is 5.10 Å². The van der Waals surface area contributed by atoms with Crippen molar-refractivity contribution in [2.24, 2.45) is 0 Å². The molecule has 9 heteroatoms. The molecular formula is C16H16Cl2N4O3. The fourth-order valence-corrected chi connectivity index (χ4v) is 3.16. The van der Waals surface area contributed by atoms with Gasteiger partial charge >= 0.3 is 5.97 Å². The number of benzene rings is 1. The molecule has 1 fully saturated rings. The van der Waals surface area contributed by atoms with Gasteiger partial charge in [0.1, 0.15) is 0 Å². The van der Waals surface area contributed by atoms with Gasteiger partial charge in [0.2, 0.25) is 0 Å². The molecule has 25 heavy (non-hydrogen) atoms. The molecule has 0 saturated carbocycles. The molecule has 0 bridgehead atoms. The summed E-state index contributed by atoms with van der Waals surface area (Å²) in [4.78, 5) is 26.2. The van der Waals surface area contributed by atoms with E-state index in [1.54, 1.807) is 17.9 Å². The first-order chi connectivity index (χ1) is 12.0. The smallest absolute Gasteiger partial charge is 0.358 e. The third kappa shape index (κ3) is 3.62. The number of nitrogens with zero attached hydrogens (tertiary/aromatic N) is 3. The minimum absolute atomic E-state index is 0.0201. The van der Waals surface area contributed by atoms with E-state index < -0.39 is 5.97 Å². The predicted molar refractivity (Wildman–Crippen MR) is 92.1 cm³/mol. The van der Waals surface area contributed by atoms with Crippen molar-refractivity contribution in [1.29, 1.82) is 0 Å². The number of esters is 1. The first-order valence-corrected chi connectivity index (χ1v) is 8.59.